The maximum atomic E-state index is 13.5. The summed E-state index contributed by atoms with van der Waals surface area (Å²) >= 11 is 0. The van der Waals surface area contributed by atoms with Gasteiger partial charge in [0.2, 0.25) is 5.82 Å². The van der Waals surface area contributed by atoms with Crippen LogP contribution in [-0.4, -0.2) is 27.2 Å². The van der Waals surface area contributed by atoms with Gasteiger partial charge < -0.3 is 10.6 Å². The summed E-state index contributed by atoms with van der Waals surface area (Å²) in [6.07, 6.45) is 0.974. The van der Waals surface area contributed by atoms with Gasteiger partial charge in [-0.2, -0.15) is 5.21 Å². The van der Waals surface area contributed by atoms with Crippen LogP contribution in [0.4, 0.5) is 15.8 Å². The second-order valence-corrected chi connectivity index (χ2v) is 7.55. The molecule has 1 heterocycles. The van der Waals surface area contributed by atoms with Crippen LogP contribution in [0.3, 0.4) is 0 Å². The summed E-state index contributed by atoms with van der Waals surface area (Å²) in [6, 6.07) is 18.9. The number of hydrogen-bond acceptors (Lipinski definition) is 5. The number of rotatable bonds is 7. The van der Waals surface area contributed by atoms with Crippen LogP contribution in [0.2, 0.25) is 0 Å². The molecule has 6 nitrogen and oxygen atoms in total. The number of nitrogens with zero attached hydrogens (tertiary/aromatic N) is 4. The Morgan fingerprint density at radius 3 is 2.52 bits per heavy atom. The molecule has 0 radical (unpaired) electrons. The molecule has 0 unspecified atom stereocenters. The minimum absolute atomic E-state index is 0.215. The quantitative estimate of drug-likeness (QED) is 0.415. The summed E-state index contributed by atoms with van der Waals surface area (Å²) < 4.78 is 13.5. The van der Waals surface area contributed by atoms with Gasteiger partial charge in [0.15, 0.2) is 0 Å². The number of tetrazole rings is 1. The average Bonchev–Trinajstić information content (AvgIpc) is 3.30. The Bertz CT molecular complexity index is 1170. The summed E-state index contributed by atoms with van der Waals surface area (Å²) in [5.74, 6) is 0.324. The Morgan fingerprint density at radius 1 is 1.03 bits per heavy atom. The number of hydrogen-bond donors (Lipinski definition) is 2. The Hall–Kier alpha value is -3.74. The first-order valence-corrected chi connectivity index (χ1v) is 10.3. The van der Waals surface area contributed by atoms with Crippen molar-refractivity contribution >= 4 is 11.4 Å². The van der Waals surface area contributed by atoms with Crippen molar-refractivity contribution in [2.75, 3.05) is 17.2 Å². The van der Waals surface area contributed by atoms with E-state index < -0.39 is 0 Å². The summed E-state index contributed by atoms with van der Waals surface area (Å²) in [5.41, 5.74) is 13.0. The molecular formula is C24H25FN6. The van der Waals surface area contributed by atoms with E-state index in [1.807, 2.05) is 49.4 Å². The van der Waals surface area contributed by atoms with Crippen LogP contribution >= 0.6 is 0 Å². The first kappa shape index (κ1) is 20.5. The van der Waals surface area contributed by atoms with E-state index in [-0.39, 0.29) is 5.82 Å². The number of nitrogen functional groups attached to an aromatic ring is 1. The number of benzene rings is 3. The smallest absolute Gasteiger partial charge is 0.205 e. The predicted molar refractivity (Wildman–Crippen MR) is 122 cm³/mol. The number of aryl methyl sites for hydroxylation is 1. The first-order valence-electron chi connectivity index (χ1n) is 10.3. The van der Waals surface area contributed by atoms with Crippen molar-refractivity contribution in [2.24, 2.45) is 0 Å². The highest BCUT2D eigenvalue weighted by Crippen LogP contribution is 2.34. The van der Waals surface area contributed by atoms with Crippen LogP contribution in [0.1, 0.15) is 24.5 Å². The number of aromatic amines is 1. The topological polar surface area (TPSA) is 83.7 Å². The zero-order chi connectivity index (χ0) is 21.8. The van der Waals surface area contributed by atoms with Gasteiger partial charge in [-0.3, -0.25) is 0 Å². The molecule has 0 fully saturated rings. The van der Waals surface area contributed by atoms with E-state index in [1.165, 1.54) is 6.07 Å². The number of aromatic nitrogens is 4. The third kappa shape index (κ3) is 4.40. The van der Waals surface area contributed by atoms with Crippen molar-refractivity contribution in [3.63, 3.8) is 0 Å². The van der Waals surface area contributed by atoms with Crippen molar-refractivity contribution in [1.29, 1.82) is 0 Å². The Balaban J connectivity index is 1.68. The van der Waals surface area contributed by atoms with Crippen LogP contribution in [0.25, 0.3) is 22.5 Å². The number of anilines is 2. The van der Waals surface area contributed by atoms with Crippen LogP contribution < -0.4 is 10.6 Å². The molecule has 0 aliphatic rings. The molecule has 3 N–H and O–H groups in total. The van der Waals surface area contributed by atoms with Gasteiger partial charge in [0.05, 0.1) is 11.4 Å². The lowest BCUT2D eigenvalue weighted by molar-refractivity contribution is 0.625. The highest BCUT2D eigenvalue weighted by Gasteiger charge is 2.15. The summed E-state index contributed by atoms with van der Waals surface area (Å²) in [4.78, 5) is 2.24. The van der Waals surface area contributed by atoms with Crippen LogP contribution in [0.5, 0.6) is 0 Å². The molecule has 0 spiro atoms. The minimum atomic E-state index is -0.215. The van der Waals surface area contributed by atoms with Gasteiger partial charge in [0.1, 0.15) is 5.82 Å². The molecule has 3 aromatic carbocycles. The lowest BCUT2D eigenvalue weighted by Gasteiger charge is -2.27. The SMILES string of the molecule is CCCN(Cc1ccc(F)cc1C)c1ccc(-c2ccccc2-c2nn[nH]n2)cc1N. The number of halogens is 1. The Labute approximate surface area is 180 Å². The van der Waals surface area contributed by atoms with Gasteiger partial charge in [0.25, 0.3) is 0 Å². The number of nitrogens with two attached hydrogens (primary N) is 1. The molecule has 0 bridgehead atoms. The summed E-state index contributed by atoms with van der Waals surface area (Å²) in [5, 5.41) is 14.4. The molecule has 4 aromatic rings. The third-order valence-electron chi connectivity index (χ3n) is 5.35. The molecule has 31 heavy (non-hydrogen) atoms. The van der Waals surface area contributed by atoms with Gasteiger partial charge in [-0.05, 0) is 65.1 Å². The lowest BCUT2D eigenvalue weighted by atomic mass is 9.98. The maximum Gasteiger partial charge on any atom is 0.205 e. The second-order valence-electron chi connectivity index (χ2n) is 7.55. The Morgan fingerprint density at radius 2 is 1.84 bits per heavy atom. The van der Waals surface area contributed by atoms with Crippen molar-refractivity contribution in [1.82, 2.24) is 20.6 Å². The van der Waals surface area contributed by atoms with Crippen LogP contribution in [0.15, 0.2) is 60.7 Å². The molecule has 0 atom stereocenters. The van der Waals surface area contributed by atoms with Crippen LogP contribution in [-0.2, 0) is 6.54 Å². The van der Waals surface area contributed by atoms with E-state index in [9.17, 15) is 4.39 Å². The predicted octanol–water partition coefficient (Wildman–Crippen LogP) is 4.98. The zero-order valence-electron chi connectivity index (χ0n) is 17.6. The zero-order valence-corrected chi connectivity index (χ0v) is 17.6. The highest BCUT2D eigenvalue weighted by molar-refractivity contribution is 5.84. The lowest BCUT2D eigenvalue weighted by Crippen LogP contribution is -2.25. The van der Waals surface area contributed by atoms with E-state index in [2.05, 4.69) is 38.5 Å². The van der Waals surface area contributed by atoms with E-state index in [1.54, 1.807) is 6.07 Å². The fraction of sp³-hybridized carbons (Fsp3) is 0.208. The van der Waals surface area contributed by atoms with Crippen molar-refractivity contribution in [2.45, 2.75) is 26.8 Å². The molecule has 0 amide bonds. The van der Waals surface area contributed by atoms with Crippen LogP contribution in [0, 0.1) is 12.7 Å². The monoisotopic (exact) mass is 416 g/mol. The molecule has 7 heteroatoms. The van der Waals surface area contributed by atoms with Gasteiger partial charge >= 0.3 is 0 Å². The molecule has 158 valence electrons. The van der Waals surface area contributed by atoms with Crippen molar-refractivity contribution in [3.05, 3.63) is 77.6 Å². The fourth-order valence-electron chi connectivity index (χ4n) is 3.81. The van der Waals surface area contributed by atoms with Gasteiger partial charge in [-0.15, -0.1) is 10.2 Å². The Kier molecular flexibility index (Phi) is 5.93. The third-order valence-corrected chi connectivity index (χ3v) is 5.35. The average molecular weight is 417 g/mol. The second kappa shape index (κ2) is 8.95. The molecular weight excluding hydrogens is 391 g/mol. The van der Waals surface area contributed by atoms with Gasteiger partial charge in [-0.25, -0.2) is 4.39 Å². The summed E-state index contributed by atoms with van der Waals surface area (Å²) in [6.45, 7) is 5.59. The normalized spacial score (nSPS) is 10.9. The van der Waals surface area contributed by atoms with Crippen molar-refractivity contribution in [3.8, 4) is 22.5 Å². The van der Waals surface area contributed by atoms with E-state index in [0.29, 0.717) is 18.1 Å². The molecule has 4 rings (SSSR count). The van der Waals surface area contributed by atoms with E-state index >= 15 is 0 Å². The summed E-state index contributed by atoms with van der Waals surface area (Å²) in [7, 11) is 0. The highest BCUT2D eigenvalue weighted by atomic mass is 19.1. The first-order chi connectivity index (χ1) is 15.1. The number of H-pyrrole nitrogens is 1. The number of nitrogens with one attached hydrogen (secondary N) is 1. The standard InChI is InChI=1S/C24H25FN6/c1-3-12-31(15-18-8-10-19(25)13-16(18)2)23-11-9-17(14-22(23)26)20-6-4-5-7-21(20)24-27-29-30-28-24/h4-11,13-14H,3,12,15,26H2,1-2H3,(H,27,28,29,30). The van der Waals surface area contributed by atoms with Crippen molar-refractivity contribution < 1.29 is 4.39 Å². The van der Waals surface area contributed by atoms with Gasteiger partial charge in [-0.1, -0.05) is 43.3 Å². The molecule has 0 aliphatic heterocycles. The van der Waals surface area contributed by atoms with Gasteiger partial charge in [0, 0.05) is 18.7 Å². The minimum Gasteiger partial charge on any atom is -0.397 e. The molecule has 0 saturated carbocycles. The maximum absolute atomic E-state index is 13.5. The molecule has 0 saturated heterocycles. The molecule has 0 aliphatic carbocycles. The fourth-order valence-corrected chi connectivity index (χ4v) is 3.81. The molecule has 1 aromatic heterocycles. The van der Waals surface area contributed by atoms with E-state index in [4.69, 9.17) is 5.73 Å². The largest absolute Gasteiger partial charge is 0.397 e. The van der Waals surface area contributed by atoms with E-state index in [0.717, 1.165) is 46.5 Å².